The van der Waals surface area contributed by atoms with Gasteiger partial charge in [-0.1, -0.05) is 11.6 Å². The lowest BCUT2D eigenvalue weighted by molar-refractivity contribution is 0.181. The molecule has 0 amide bonds. The summed E-state index contributed by atoms with van der Waals surface area (Å²) in [5.41, 5.74) is 7.01. The largest absolute Gasteiger partial charge is 0.383 e. The van der Waals surface area contributed by atoms with Crippen LogP contribution in [0.25, 0.3) is 11.4 Å². The number of halogens is 3. The van der Waals surface area contributed by atoms with Crippen LogP contribution in [0, 0.1) is 9.39 Å². The van der Waals surface area contributed by atoms with Crippen molar-refractivity contribution in [1.82, 2.24) is 9.97 Å². The highest BCUT2D eigenvalue weighted by molar-refractivity contribution is 14.1. The first kappa shape index (κ1) is 14.4. The van der Waals surface area contributed by atoms with E-state index >= 15 is 0 Å². The SMILES string of the molecule is COCc1nc(-c2ccc(Cl)c(F)c2)nc(N)c1I. The molecule has 1 heterocycles. The molecule has 1 aromatic heterocycles. The molecular weight excluding hydrogens is 384 g/mol. The molecular formula is C12H10ClFIN3O. The fourth-order valence-electron chi connectivity index (χ4n) is 1.51. The molecule has 0 radical (unpaired) electrons. The standard InChI is InChI=1S/C12H10ClFIN3O/c1-19-5-9-10(15)11(16)18-12(17-9)6-2-3-7(13)8(14)4-6/h2-4H,5H2,1H3,(H2,16,17,18). The van der Waals surface area contributed by atoms with Crippen molar-refractivity contribution in [2.24, 2.45) is 0 Å². The monoisotopic (exact) mass is 393 g/mol. The molecule has 0 aliphatic heterocycles. The molecule has 19 heavy (non-hydrogen) atoms. The Morgan fingerprint density at radius 2 is 2.16 bits per heavy atom. The molecule has 0 aliphatic rings. The Kier molecular flexibility index (Phi) is 4.54. The number of nitrogens with zero attached hydrogens (tertiary/aromatic N) is 2. The average molecular weight is 394 g/mol. The van der Waals surface area contributed by atoms with E-state index in [1.165, 1.54) is 12.1 Å². The van der Waals surface area contributed by atoms with Crippen LogP contribution in [0.5, 0.6) is 0 Å². The van der Waals surface area contributed by atoms with Gasteiger partial charge in [0.1, 0.15) is 11.6 Å². The molecule has 0 aliphatic carbocycles. The van der Waals surface area contributed by atoms with E-state index in [2.05, 4.69) is 32.6 Å². The van der Waals surface area contributed by atoms with Gasteiger partial charge in [0, 0.05) is 12.7 Å². The lowest BCUT2D eigenvalue weighted by atomic mass is 10.2. The number of hydrogen-bond acceptors (Lipinski definition) is 4. The average Bonchev–Trinajstić information content (AvgIpc) is 2.38. The number of benzene rings is 1. The summed E-state index contributed by atoms with van der Waals surface area (Å²) in [5, 5.41) is 0.0550. The van der Waals surface area contributed by atoms with Crippen molar-refractivity contribution in [1.29, 1.82) is 0 Å². The van der Waals surface area contributed by atoms with Gasteiger partial charge in [-0.15, -0.1) is 0 Å². The summed E-state index contributed by atoms with van der Waals surface area (Å²) >= 11 is 7.70. The van der Waals surface area contributed by atoms with E-state index in [4.69, 9.17) is 22.1 Å². The molecule has 1 aromatic carbocycles. The lowest BCUT2D eigenvalue weighted by Crippen LogP contribution is -2.06. The quantitative estimate of drug-likeness (QED) is 0.813. The van der Waals surface area contributed by atoms with Crippen molar-refractivity contribution in [3.8, 4) is 11.4 Å². The zero-order valence-corrected chi connectivity index (χ0v) is 12.9. The summed E-state index contributed by atoms with van der Waals surface area (Å²) < 4.78 is 19.2. The number of ether oxygens (including phenoxy) is 1. The van der Waals surface area contributed by atoms with Crippen molar-refractivity contribution < 1.29 is 9.13 Å². The Bertz CT molecular complexity index is 624. The molecule has 0 bridgehead atoms. The summed E-state index contributed by atoms with van der Waals surface area (Å²) in [5.74, 6) is 0.168. The highest BCUT2D eigenvalue weighted by Gasteiger charge is 2.12. The Morgan fingerprint density at radius 1 is 1.42 bits per heavy atom. The normalized spacial score (nSPS) is 10.7. The molecule has 100 valence electrons. The molecule has 2 rings (SSSR count). The van der Waals surface area contributed by atoms with Gasteiger partial charge in [-0.3, -0.25) is 0 Å². The van der Waals surface area contributed by atoms with E-state index in [9.17, 15) is 4.39 Å². The van der Waals surface area contributed by atoms with Crippen LogP contribution in [-0.4, -0.2) is 17.1 Å². The first-order valence-corrected chi connectivity index (χ1v) is 6.75. The number of nitrogens with two attached hydrogens (primary N) is 1. The van der Waals surface area contributed by atoms with Crippen molar-refractivity contribution >= 4 is 40.0 Å². The molecule has 0 unspecified atom stereocenters. The minimum atomic E-state index is -0.520. The zero-order chi connectivity index (χ0) is 14.0. The van der Waals surface area contributed by atoms with Crippen LogP contribution in [0.15, 0.2) is 18.2 Å². The van der Waals surface area contributed by atoms with E-state index in [0.29, 0.717) is 29.5 Å². The van der Waals surface area contributed by atoms with E-state index in [0.717, 1.165) is 3.57 Å². The molecule has 0 atom stereocenters. The van der Waals surface area contributed by atoms with Gasteiger partial charge in [-0.05, 0) is 40.8 Å². The number of rotatable bonds is 3. The number of methoxy groups -OCH3 is 1. The molecule has 0 fully saturated rings. The van der Waals surface area contributed by atoms with E-state index in [1.54, 1.807) is 13.2 Å². The Balaban J connectivity index is 2.52. The molecule has 0 spiro atoms. The van der Waals surface area contributed by atoms with Crippen molar-refractivity contribution in [2.75, 3.05) is 12.8 Å². The molecule has 0 saturated carbocycles. The Hall–Kier alpha value is -0.990. The van der Waals surface area contributed by atoms with Gasteiger partial charge in [0.05, 0.1) is 20.9 Å². The van der Waals surface area contributed by atoms with Crippen LogP contribution in [-0.2, 0) is 11.3 Å². The second-order valence-electron chi connectivity index (χ2n) is 3.76. The van der Waals surface area contributed by atoms with Crippen LogP contribution in [0.4, 0.5) is 10.2 Å². The number of anilines is 1. The summed E-state index contributed by atoms with van der Waals surface area (Å²) in [4.78, 5) is 8.48. The first-order valence-electron chi connectivity index (χ1n) is 5.29. The Labute approximate surface area is 128 Å². The van der Waals surface area contributed by atoms with Crippen LogP contribution < -0.4 is 5.73 Å². The maximum atomic E-state index is 13.4. The predicted molar refractivity (Wildman–Crippen MR) is 80.3 cm³/mol. The van der Waals surface area contributed by atoms with Gasteiger partial charge in [0.15, 0.2) is 5.82 Å². The van der Waals surface area contributed by atoms with Gasteiger partial charge in [-0.25, -0.2) is 14.4 Å². The van der Waals surface area contributed by atoms with Crippen LogP contribution >= 0.6 is 34.2 Å². The highest BCUT2D eigenvalue weighted by atomic mass is 127. The smallest absolute Gasteiger partial charge is 0.162 e. The van der Waals surface area contributed by atoms with Crippen LogP contribution in [0.1, 0.15) is 5.69 Å². The maximum absolute atomic E-state index is 13.4. The molecule has 0 saturated heterocycles. The topological polar surface area (TPSA) is 61.0 Å². The summed E-state index contributed by atoms with van der Waals surface area (Å²) in [6.07, 6.45) is 0. The first-order chi connectivity index (χ1) is 9.02. The third kappa shape index (κ3) is 3.13. The number of hydrogen-bond donors (Lipinski definition) is 1. The minimum Gasteiger partial charge on any atom is -0.383 e. The van der Waals surface area contributed by atoms with Gasteiger partial charge < -0.3 is 10.5 Å². The van der Waals surface area contributed by atoms with Crippen LogP contribution in [0.2, 0.25) is 5.02 Å². The van der Waals surface area contributed by atoms with Gasteiger partial charge >= 0.3 is 0 Å². The second-order valence-corrected chi connectivity index (χ2v) is 5.24. The number of nitrogen functional groups attached to an aromatic ring is 1. The van der Waals surface area contributed by atoms with Crippen LogP contribution in [0.3, 0.4) is 0 Å². The third-order valence-electron chi connectivity index (χ3n) is 2.40. The minimum absolute atomic E-state index is 0.0550. The maximum Gasteiger partial charge on any atom is 0.162 e. The van der Waals surface area contributed by atoms with Gasteiger partial charge in [0.2, 0.25) is 0 Å². The summed E-state index contributed by atoms with van der Waals surface area (Å²) in [7, 11) is 1.57. The molecule has 2 aromatic rings. The Morgan fingerprint density at radius 3 is 2.79 bits per heavy atom. The lowest BCUT2D eigenvalue weighted by Gasteiger charge is -2.08. The fourth-order valence-corrected chi connectivity index (χ4v) is 2.02. The molecule has 2 N–H and O–H groups in total. The van der Waals surface area contributed by atoms with E-state index in [1.807, 2.05) is 0 Å². The fraction of sp³-hybridized carbons (Fsp3) is 0.167. The summed E-state index contributed by atoms with van der Waals surface area (Å²) in [6.45, 7) is 0.314. The van der Waals surface area contributed by atoms with Gasteiger partial charge in [0.25, 0.3) is 0 Å². The second kappa shape index (κ2) is 5.98. The van der Waals surface area contributed by atoms with E-state index < -0.39 is 5.82 Å². The zero-order valence-electron chi connectivity index (χ0n) is 9.95. The number of aromatic nitrogens is 2. The van der Waals surface area contributed by atoms with Gasteiger partial charge in [-0.2, -0.15) is 0 Å². The molecule has 4 nitrogen and oxygen atoms in total. The van der Waals surface area contributed by atoms with E-state index in [-0.39, 0.29) is 5.02 Å². The predicted octanol–water partition coefficient (Wildman–Crippen LogP) is 3.27. The van der Waals surface area contributed by atoms with Crippen molar-refractivity contribution in [2.45, 2.75) is 6.61 Å². The summed E-state index contributed by atoms with van der Waals surface area (Å²) in [6, 6.07) is 4.38. The van der Waals surface area contributed by atoms with Crippen molar-refractivity contribution in [3.63, 3.8) is 0 Å². The molecule has 7 heteroatoms. The highest BCUT2D eigenvalue weighted by Crippen LogP contribution is 2.25. The van der Waals surface area contributed by atoms with Crippen molar-refractivity contribution in [3.05, 3.63) is 38.3 Å². The third-order valence-corrected chi connectivity index (χ3v) is 3.89.